The second-order valence-electron chi connectivity index (χ2n) is 4.61. The van der Waals surface area contributed by atoms with Crippen LogP contribution in [0.3, 0.4) is 0 Å². The Bertz CT molecular complexity index is 708. The fourth-order valence-electron chi connectivity index (χ4n) is 1.97. The molecule has 0 aliphatic rings. The molecule has 0 bridgehead atoms. The maximum absolute atomic E-state index is 11.7. The largest absolute Gasteiger partial charge is 0.490 e. The first kappa shape index (κ1) is 17.8. The first-order chi connectivity index (χ1) is 11.0. The van der Waals surface area contributed by atoms with Crippen molar-refractivity contribution < 1.29 is 14.3 Å². The monoisotopic (exact) mass is 442 g/mol. The lowest BCUT2D eigenvalue weighted by molar-refractivity contribution is 0.0953. The topological polar surface area (TPSA) is 73.6 Å². The summed E-state index contributed by atoms with van der Waals surface area (Å²) in [5, 5.41) is 0. The Morgan fingerprint density at radius 1 is 1.22 bits per heavy atom. The van der Waals surface area contributed by atoms with Crippen molar-refractivity contribution in [3.8, 4) is 11.5 Å². The van der Waals surface area contributed by atoms with Gasteiger partial charge in [0.1, 0.15) is 6.61 Å². The molecule has 0 aliphatic carbocycles. The molecular weight excluding hydrogens is 428 g/mol. The highest BCUT2D eigenvalue weighted by Crippen LogP contribution is 2.37. The van der Waals surface area contributed by atoms with Crippen molar-refractivity contribution in [2.45, 2.75) is 13.5 Å². The lowest BCUT2D eigenvalue weighted by Gasteiger charge is -2.15. The molecule has 122 valence electrons. The zero-order chi connectivity index (χ0) is 16.8. The van der Waals surface area contributed by atoms with Crippen LogP contribution in [0.2, 0.25) is 0 Å². The van der Waals surface area contributed by atoms with Crippen molar-refractivity contribution in [1.29, 1.82) is 0 Å². The number of halogens is 2. The molecule has 0 saturated heterocycles. The standard InChI is InChI=1S/C16H16Br2N2O3/c1-2-22-14-8-11(16(21)20-19)7-13(18)15(14)23-9-10-4-3-5-12(17)6-10/h3-8H,2,9,19H2,1H3,(H,20,21). The van der Waals surface area contributed by atoms with Gasteiger partial charge in [-0.05, 0) is 52.7 Å². The first-order valence-electron chi connectivity index (χ1n) is 6.89. The van der Waals surface area contributed by atoms with Crippen molar-refractivity contribution >= 4 is 37.8 Å². The number of amides is 1. The van der Waals surface area contributed by atoms with Gasteiger partial charge in [-0.2, -0.15) is 0 Å². The average Bonchev–Trinajstić information content (AvgIpc) is 2.53. The molecular formula is C16H16Br2N2O3. The smallest absolute Gasteiger partial charge is 0.265 e. The molecule has 2 aromatic rings. The van der Waals surface area contributed by atoms with E-state index in [-0.39, 0.29) is 0 Å². The van der Waals surface area contributed by atoms with Gasteiger partial charge in [0.2, 0.25) is 0 Å². The molecule has 3 N–H and O–H groups in total. The number of ether oxygens (including phenoxy) is 2. The zero-order valence-corrected chi connectivity index (χ0v) is 15.6. The number of benzene rings is 2. The van der Waals surface area contributed by atoms with Gasteiger partial charge in [-0.1, -0.05) is 28.1 Å². The summed E-state index contributed by atoms with van der Waals surface area (Å²) in [6, 6.07) is 11.1. The van der Waals surface area contributed by atoms with Crippen LogP contribution in [0.4, 0.5) is 0 Å². The number of rotatable bonds is 6. The van der Waals surface area contributed by atoms with Gasteiger partial charge in [0.15, 0.2) is 11.5 Å². The summed E-state index contributed by atoms with van der Waals surface area (Å²) in [5.41, 5.74) is 3.50. The maximum Gasteiger partial charge on any atom is 0.265 e. The number of hydrogen-bond donors (Lipinski definition) is 2. The van der Waals surface area contributed by atoms with Gasteiger partial charge in [-0.3, -0.25) is 10.2 Å². The van der Waals surface area contributed by atoms with E-state index in [9.17, 15) is 4.79 Å². The molecule has 2 rings (SSSR count). The van der Waals surface area contributed by atoms with Crippen LogP contribution >= 0.6 is 31.9 Å². The highest BCUT2D eigenvalue weighted by Gasteiger charge is 2.15. The van der Waals surface area contributed by atoms with Gasteiger partial charge in [-0.25, -0.2) is 5.84 Å². The van der Waals surface area contributed by atoms with E-state index < -0.39 is 5.91 Å². The normalized spacial score (nSPS) is 10.3. The van der Waals surface area contributed by atoms with Crippen LogP contribution in [-0.4, -0.2) is 12.5 Å². The molecule has 5 nitrogen and oxygen atoms in total. The van der Waals surface area contributed by atoms with Crippen molar-refractivity contribution in [3.63, 3.8) is 0 Å². The van der Waals surface area contributed by atoms with E-state index >= 15 is 0 Å². The lowest BCUT2D eigenvalue weighted by Crippen LogP contribution is -2.30. The Morgan fingerprint density at radius 3 is 2.65 bits per heavy atom. The van der Waals surface area contributed by atoms with E-state index in [2.05, 4.69) is 37.3 Å². The maximum atomic E-state index is 11.7. The van der Waals surface area contributed by atoms with Gasteiger partial charge >= 0.3 is 0 Å². The molecule has 0 saturated carbocycles. The third-order valence-electron chi connectivity index (χ3n) is 2.97. The number of hydrazine groups is 1. The lowest BCUT2D eigenvalue weighted by atomic mass is 10.2. The van der Waals surface area contributed by atoms with E-state index in [1.54, 1.807) is 12.1 Å². The molecule has 0 heterocycles. The summed E-state index contributed by atoms with van der Waals surface area (Å²) in [5.74, 6) is 5.80. The van der Waals surface area contributed by atoms with E-state index in [1.165, 1.54) is 0 Å². The number of nitrogens with two attached hydrogens (primary N) is 1. The van der Waals surface area contributed by atoms with Crippen molar-refractivity contribution in [3.05, 3.63) is 56.5 Å². The summed E-state index contributed by atoms with van der Waals surface area (Å²) in [6.07, 6.45) is 0. The van der Waals surface area contributed by atoms with Crippen LogP contribution in [0.15, 0.2) is 45.3 Å². The SMILES string of the molecule is CCOc1cc(C(=O)NN)cc(Br)c1OCc1cccc(Br)c1. The van der Waals surface area contributed by atoms with Crippen molar-refractivity contribution in [2.75, 3.05) is 6.61 Å². The van der Waals surface area contributed by atoms with Crippen LogP contribution in [-0.2, 0) is 6.61 Å². The Hall–Kier alpha value is -1.57. The third kappa shape index (κ3) is 4.70. The van der Waals surface area contributed by atoms with Crippen molar-refractivity contribution in [2.24, 2.45) is 5.84 Å². The van der Waals surface area contributed by atoms with Crippen LogP contribution < -0.4 is 20.7 Å². The van der Waals surface area contributed by atoms with Crippen LogP contribution in [0.5, 0.6) is 11.5 Å². The second kappa shape index (κ2) is 8.33. The molecule has 23 heavy (non-hydrogen) atoms. The van der Waals surface area contributed by atoms with E-state index in [4.69, 9.17) is 15.3 Å². The summed E-state index contributed by atoms with van der Waals surface area (Å²) in [4.78, 5) is 11.7. The molecule has 0 aromatic heterocycles. The average molecular weight is 444 g/mol. The molecule has 0 aliphatic heterocycles. The summed E-state index contributed by atoms with van der Waals surface area (Å²) < 4.78 is 13.1. The Kier molecular flexibility index (Phi) is 6.44. The van der Waals surface area contributed by atoms with Crippen LogP contribution in [0.1, 0.15) is 22.8 Å². The van der Waals surface area contributed by atoms with Gasteiger partial charge in [0, 0.05) is 10.0 Å². The van der Waals surface area contributed by atoms with Crippen LogP contribution in [0.25, 0.3) is 0 Å². The van der Waals surface area contributed by atoms with Gasteiger partial charge < -0.3 is 9.47 Å². The van der Waals surface area contributed by atoms with E-state index in [0.717, 1.165) is 10.0 Å². The molecule has 0 spiro atoms. The fourth-order valence-corrected chi connectivity index (χ4v) is 2.97. The Morgan fingerprint density at radius 2 is 2.00 bits per heavy atom. The highest BCUT2D eigenvalue weighted by molar-refractivity contribution is 9.10. The Balaban J connectivity index is 2.27. The quantitative estimate of drug-likeness (QED) is 0.404. The summed E-state index contributed by atoms with van der Waals surface area (Å²) >= 11 is 6.85. The Labute approximate surface area is 151 Å². The first-order valence-corrected chi connectivity index (χ1v) is 8.48. The predicted molar refractivity (Wildman–Crippen MR) is 95.4 cm³/mol. The van der Waals surface area contributed by atoms with E-state index in [1.807, 2.05) is 31.2 Å². The molecule has 0 atom stereocenters. The highest BCUT2D eigenvalue weighted by atomic mass is 79.9. The van der Waals surface area contributed by atoms with Crippen molar-refractivity contribution in [1.82, 2.24) is 5.43 Å². The molecule has 0 unspecified atom stereocenters. The zero-order valence-electron chi connectivity index (χ0n) is 12.4. The minimum atomic E-state index is -0.398. The predicted octanol–water partition coefficient (Wildman–Crippen LogP) is 3.79. The number of nitrogen functional groups attached to an aromatic ring is 1. The minimum Gasteiger partial charge on any atom is -0.490 e. The molecule has 0 fully saturated rings. The number of hydrogen-bond acceptors (Lipinski definition) is 4. The number of carbonyl (C=O) groups excluding carboxylic acids is 1. The summed E-state index contributed by atoms with van der Waals surface area (Å²) in [6.45, 7) is 2.69. The van der Waals surface area contributed by atoms with E-state index in [0.29, 0.717) is 34.7 Å². The van der Waals surface area contributed by atoms with Crippen LogP contribution in [0, 0.1) is 0 Å². The fraction of sp³-hybridized carbons (Fsp3) is 0.188. The van der Waals surface area contributed by atoms with Gasteiger partial charge in [0.25, 0.3) is 5.91 Å². The molecule has 1 amide bonds. The molecule has 2 aromatic carbocycles. The minimum absolute atomic E-state index is 0.376. The number of carbonyl (C=O) groups is 1. The summed E-state index contributed by atoms with van der Waals surface area (Å²) in [7, 11) is 0. The van der Waals surface area contributed by atoms with Gasteiger partial charge in [-0.15, -0.1) is 0 Å². The molecule has 0 radical (unpaired) electrons. The van der Waals surface area contributed by atoms with Gasteiger partial charge in [0.05, 0.1) is 11.1 Å². The molecule has 7 heteroatoms. The third-order valence-corrected chi connectivity index (χ3v) is 4.06. The number of nitrogens with one attached hydrogen (secondary N) is 1. The second-order valence-corrected chi connectivity index (χ2v) is 6.38.